The molecule has 2 aromatic rings. The van der Waals surface area contributed by atoms with Crippen LogP contribution in [0.2, 0.25) is 0 Å². The van der Waals surface area contributed by atoms with E-state index in [0.29, 0.717) is 5.92 Å². The number of piperidine rings is 1. The van der Waals surface area contributed by atoms with E-state index < -0.39 is 0 Å². The zero-order valence-corrected chi connectivity index (χ0v) is 10.8. The summed E-state index contributed by atoms with van der Waals surface area (Å²) in [7, 11) is 0. The third-order valence-corrected chi connectivity index (χ3v) is 4.01. The van der Waals surface area contributed by atoms with E-state index in [-0.39, 0.29) is 0 Å². The zero-order chi connectivity index (χ0) is 12.5. The Balaban J connectivity index is 1.91. The highest BCUT2D eigenvalue weighted by molar-refractivity contribution is 5.53. The summed E-state index contributed by atoms with van der Waals surface area (Å²) >= 11 is 0. The van der Waals surface area contributed by atoms with Crippen molar-refractivity contribution in [3.63, 3.8) is 0 Å². The lowest BCUT2D eigenvalue weighted by Gasteiger charge is -2.30. The highest BCUT2D eigenvalue weighted by Gasteiger charge is 2.23. The molecule has 2 aromatic heterocycles. The third-order valence-electron chi connectivity index (χ3n) is 4.01. The monoisotopic (exact) mass is 244 g/mol. The van der Waals surface area contributed by atoms with Crippen LogP contribution in [0.4, 0.5) is 5.82 Å². The number of nitrogens with zero attached hydrogens (tertiary/aromatic N) is 3. The van der Waals surface area contributed by atoms with Gasteiger partial charge in [0.2, 0.25) is 0 Å². The van der Waals surface area contributed by atoms with E-state index >= 15 is 0 Å². The lowest BCUT2D eigenvalue weighted by atomic mass is 9.96. The maximum absolute atomic E-state index is 6.07. The van der Waals surface area contributed by atoms with E-state index in [0.717, 1.165) is 23.7 Å². The molecule has 0 radical (unpaired) electrons. The van der Waals surface area contributed by atoms with Crippen LogP contribution < -0.4 is 5.73 Å². The summed E-state index contributed by atoms with van der Waals surface area (Å²) in [6, 6.07) is 5.99. The molecule has 0 aliphatic carbocycles. The van der Waals surface area contributed by atoms with Crippen LogP contribution in [0.25, 0.3) is 5.52 Å². The Morgan fingerprint density at radius 1 is 1.33 bits per heavy atom. The van der Waals surface area contributed by atoms with E-state index in [1.165, 1.54) is 25.9 Å². The first-order valence-corrected chi connectivity index (χ1v) is 6.73. The number of pyridine rings is 1. The first-order chi connectivity index (χ1) is 8.79. The number of aromatic nitrogens is 2. The molecule has 0 unspecified atom stereocenters. The van der Waals surface area contributed by atoms with Crippen molar-refractivity contribution in [1.82, 2.24) is 14.3 Å². The van der Waals surface area contributed by atoms with Crippen LogP contribution in [0.3, 0.4) is 0 Å². The number of hydrogen-bond acceptors (Lipinski definition) is 3. The smallest absolute Gasteiger partial charge is 0.118 e. The maximum Gasteiger partial charge on any atom is 0.118 e. The minimum absolute atomic E-state index is 0.542. The Hall–Kier alpha value is -1.55. The predicted octanol–water partition coefficient (Wildman–Crippen LogP) is 2.12. The van der Waals surface area contributed by atoms with Crippen LogP contribution in [0.1, 0.15) is 31.5 Å². The maximum atomic E-state index is 6.07. The first-order valence-electron chi connectivity index (χ1n) is 6.73. The summed E-state index contributed by atoms with van der Waals surface area (Å²) in [6.07, 6.45) is 4.29. The lowest BCUT2D eigenvalue weighted by molar-refractivity contribution is 0.219. The fourth-order valence-corrected chi connectivity index (χ4v) is 2.89. The van der Waals surface area contributed by atoms with Gasteiger partial charge in [-0.25, -0.2) is 4.98 Å². The van der Waals surface area contributed by atoms with E-state index in [9.17, 15) is 0 Å². The van der Waals surface area contributed by atoms with Crippen LogP contribution in [0.5, 0.6) is 0 Å². The quantitative estimate of drug-likeness (QED) is 0.880. The highest BCUT2D eigenvalue weighted by atomic mass is 15.1. The molecule has 4 heteroatoms. The average Bonchev–Trinajstić information content (AvgIpc) is 2.84. The zero-order valence-electron chi connectivity index (χ0n) is 10.8. The topological polar surface area (TPSA) is 46.6 Å². The SMILES string of the molecule is CCN1CCC(c2ncc3cccc(N)n23)CC1. The summed E-state index contributed by atoms with van der Waals surface area (Å²) in [4.78, 5) is 7.09. The standard InChI is InChI=1S/C14H20N4/c1-2-17-8-6-11(7-9-17)14-16-10-12-4-3-5-13(15)18(12)14/h3-5,10-11H,2,6-9,15H2,1H3. The molecule has 18 heavy (non-hydrogen) atoms. The number of rotatable bonds is 2. The van der Waals surface area contributed by atoms with Gasteiger partial charge in [0.15, 0.2) is 0 Å². The fourth-order valence-electron chi connectivity index (χ4n) is 2.89. The van der Waals surface area contributed by atoms with Gasteiger partial charge in [0.05, 0.1) is 11.7 Å². The van der Waals surface area contributed by atoms with E-state index in [1.807, 2.05) is 18.3 Å². The van der Waals surface area contributed by atoms with Crippen LogP contribution in [0, 0.1) is 0 Å². The van der Waals surface area contributed by atoms with Crippen LogP contribution >= 0.6 is 0 Å². The molecule has 0 amide bonds. The van der Waals surface area contributed by atoms with Crippen molar-refractivity contribution in [3.05, 3.63) is 30.2 Å². The normalized spacial score (nSPS) is 18.5. The second-order valence-corrected chi connectivity index (χ2v) is 5.04. The van der Waals surface area contributed by atoms with Crippen molar-refractivity contribution in [2.75, 3.05) is 25.4 Å². The molecule has 0 saturated carbocycles. The van der Waals surface area contributed by atoms with Gasteiger partial charge in [-0.05, 0) is 44.6 Å². The molecule has 96 valence electrons. The molecule has 0 atom stereocenters. The molecule has 1 saturated heterocycles. The molecule has 2 N–H and O–H groups in total. The molecule has 1 fully saturated rings. The number of imidazole rings is 1. The molecule has 1 aliphatic heterocycles. The van der Waals surface area contributed by atoms with Gasteiger partial charge in [0.25, 0.3) is 0 Å². The van der Waals surface area contributed by atoms with Crippen LogP contribution in [-0.2, 0) is 0 Å². The summed E-state index contributed by atoms with van der Waals surface area (Å²) < 4.78 is 2.10. The number of nitrogen functional groups attached to an aromatic ring is 1. The van der Waals surface area contributed by atoms with Crippen molar-refractivity contribution >= 4 is 11.3 Å². The molecule has 3 heterocycles. The molecule has 3 rings (SSSR count). The van der Waals surface area contributed by atoms with Crippen molar-refractivity contribution in [1.29, 1.82) is 0 Å². The van der Waals surface area contributed by atoms with Gasteiger partial charge in [0, 0.05) is 5.92 Å². The predicted molar refractivity (Wildman–Crippen MR) is 73.7 cm³/mol. The molecular formula is C14H20N4. The number of anilines is 1. The third kappa shape index (κ3) is 1.86. The van der Waals surface area contributed by atoms with Gasteiger partial charge in [-0.15, -0.1) is 0 Å². The lowest BCUT2D eigenvalue weighted by Crippen LogP contribution is -2.33. The van der Waals surface area contributed by atoms with E-state index in [4.69, 9.17) is 5.73 Å². The minimum atomic E-state index is 0.542. The van der Waals surface area contributed by atoms with Crippen molar-refractivity contribution in [2.24, 2.45) is 0 Å². The Morgan fingerprint density at radius 2 is 2.11 bits per heavy atom. The Kier molecular flexibility index (Phi) is 2.96. The number of nitrogens with two attached hydrogens (primary N) is 1. The van der Waals surface area contributed by atoms with Gasteiger partial charge in [0.1, 0.15) is 11.6 Å². The van der Waals surface area contributed by atoms with Crippen molar-refractivity contribution < 1.29 is 0 Å². The van der Waals surface area contributed by atoms with E-state index in [2.05, 4.69) is 27.3 Å². The average molecular weight is 244 g/mol. The minimum Gasteiger partial charge on any atom is -0.385 e. The van der Waals surface area contributed by atoms with Crippen LogP contribution in [0.15, 0.2) is 24.4 Å². The van der Waals surface area contributed by atoms with Crippen LogP contribution in [-0.4, -0.2) is 33.9 Å². The van der Waals surface area contributed by atoms with Crippen molar-refractivity contribution in [3.8, 4) is 0 Å². The molecule has 4 nitrogen and oxygen atoms in total. The first kappa shape index (κ1) is 11.5. The molecule has 1 aliphatic rings. The summed E-state index contributed by atoms with van der Waals surface area (Å²) in [6.45, 7) is 5.71. The largest absolute Gasteiger partial charge is 0.385 e. The number of hydrogen-bond donors (Lipinski definition) is 1. The molecule has 0 aromatic carbocycles. The number of likely N-dealkylation sites (tertiary alicyclic amines) is 1. The second kappa shape index (κ2) is 4.61. The van der Waals surface area contributed by atoms with Gasteiger partial charge in [-0.3, -0.25) is 4.40 Å². The van der Waals surface area contributed by atoms with E-state index in [1.54, 1.807) is 0 Å². The van der Waals surface area contributed by atoms with Gasteiger partial charge < -0.3 is 10.6 Å². The fraction of sp³-hybridized carbons (Fsp3) is 0.500. The Morgan fingerprint density at radius 3 is 2.83 bits per heavy atom. The van der Waals surface area contributed by atoms with Gasteiger partial charge in [-0.2, -0.15) is 0 Å². The molecule has 0 bridgehead atoms. The van der Waals surface area contributed by atoms with Gasteiger partial charge >= 0.3 is 0 Å². The molecular weight excluding hydrogens is 224 g/mol. The number of fused-ring (bicyclic) bond motifs is 1. The van der Waals surface area contributed by atoms with Crippen molar-refractivity contribution in [2.45, 2.75) is 25.7 Å². The summed E-state index contributed by atoms with van der Waals surface area (Å²) in [5.74, 6) is 2.47. The highest BCUT2D eigenvalue weighted by Crippen LogP contribution is 2.28. The second-order valence-electron chi connectivity index (χ2n) is 5.04. The molecule has 0 spiro atoms. The Bertz CT molecular complexity index is 538. The summed E-state index contributed by atoms with van der Waals surface area (Å²) in [5.41, 5.74) is 7.17. The van der Waals surface area contributed by atoms with Gasteiger partial charge in [-0.1, -0.05) is 13.0 Å². The summed E-state index contributed by atoms with van der Waals surface area (Å²) in [5, 5.41) is 0. The Labute approximate surface area is 107 Å².